The van der Waals surface area contributed by atoms with Gasteiger partial charge in [0.2, 0.25) is 0 Å². The summed E-state index contributed by atoms with van der Waals surface area (Å²) in [6, 6.07) is 35.6. The van der Waals surface area contributed by atoms with Crippen LogP contribution in [-0.2, 0) is 4.79 Å². The van der Waals surface area contributed by atoms with Gasteiger partial charge in [-0.3, -0.25) is 4.79 Å². The molecule has 0 aliphatic heterocycles. The summed E-state index contributed by atoms with van der Waals surface area (Å²) in [7, 11) is 0. The van der Waals surface area contributed by atoms with Crippen LogP contribution in [0.25, 0.3) is 10.8 Å². The number of fused-ring (bicyclic) bond motifs is 1. The second kappa shape index (κ2) is 7.09. The minimum absolute atomic E-state index is 0.0459. The molecule has 0 amide bonds. The van der Waals surface area contributed by atoms with Crippen molar-refractivity contribution in [1.82, 2.24) is 0 Å². The van der Waals surface area contributed by atoms with E-state index in [1.54, 1.807) is 0 Å². The van der Waals surface area contributed by atoms with Crippen molar-refractivity contribution in [3.05, 3.63) is 120 Å². The van der Waals surface area contributed by atoms with Crippen LogP contribution in [0.4, 0.5) is 0 Å². The quantitative estimate of drug-likeness (QED) is 0.408. The molecule has 1 aliphatic carbocycles. The minimum Gasteiger partial charge on any atom is -0.298 e. The molecule has 1 saturated carbocycles. The third kappa shape index (κ3) is 2.84. The van der Waals surface area contributed by atoms with Crippen molar-refractivity contribution in [1.29, 1.82) is 0 Å². The molecule has 5 rings (SSSR count). The van der Waals surface area contributed by atoms with E-state index < -0.39 is 0 Å². The summed E-state index contributed by atoms with van der Waals surface area (Å²) in [5, 5.41) is 2.50. The molecule has 3 unspecified atom stereocenters. The first-order chi connectivity index (χ1) is 13.8. The average Bonchev–Trinajstić information content (AvgIpc) is 3.11. The van der Waals surface area contributed by atoms with Crippen LogP contribution >= 0.6 is 0 Å². The predicted octanol–water partition coefficient (Wildman–Crippen LogP) is 6.46. The summed E-state index contributed by atoms with van der Waals surface area (Å²) in [5.41, 5.74) is 3.55. The summed E-state index contributed by atoms with van der Waals surface area (Å²) in [6.07, 6.45) is 0.858. The molecule has 0 saturated heterocycles. The lowest BCUT2D eigenvalue weighted by Gasteiger charge is -2.21. The Labute approximate surface area is 165 Å². The number of Topliss-reactive ketones (excluding diaryl/α,β-unsaturated/α-hetero) is 1. The van der Waals surface area contributed by atoms with E-state index in [4.69, 9.17) is 0 Å². The number of ketones is 1. The highest BCUT2D eigenvalue weighted by Gasteiger charge is 2.44. The molecule has 1 nitrogen and oxygen atoms in total. The van der Waals surface area contributed by atoms with E-state index in [1.807, 2.05) is 36.4 Å². The maximum Gasteiger partial charge on any atom is 0.148 e. The van der Waals surface area contributed by atoms with E-state index in [9.17, 15) is 4.79 Å². The minimum atomic E-state index is -0.0998. The van der Waals surface area contributed by atoms with Gasteiger partial charge in [-0.15, -0.1) is 0 Å². The van der Waals surface area contributed by atoms with Crippen LogP contribution in [0.1, 0.15) is 40.9 Å². The Bertz CT molecular complexity index is 1110. The third-order valence-electron chi connectivity index (χ3n) is 6.13. The van der Waals surface area contributed by atoms with Crippen LogP contribution in [0.2, 0.25) is 0 Å². The van der Waals surface area contributed by atoms with E-state index >= 15 is 0 Å². The standard InChI is InChI=1S/C27H22O/c28-27-24(20-10-3-1-4-11-20)18-25(26(27)21-13-5-2-6-14-21)23-17-9-15-19-12-7-8-16-22(19)23/h1-17,24-26H,18H2. The molecule has 1 fully saturated rings. The van der Waals surface area contributed by atoms with Crippen molar-refractivity contribution < 1.29 is 4.79 Å². The van der Waals surface area contributed by atoms with Gasteiger partial charge in [0.15, 0.2) is 0 Å². The molecular weight excluding hydrogens is 340 g/mol. The molecule has 136 valence electrons. The smallest absolute Gasteiger partial charge is 0.148 e. The predicted molar refractivity (Wildman–Crippen MR) is 115 cm³/mol. The fourth-order valence-electron chi connectivity index (χ4n) is 4.84. The lowest BCUT2D eigenvalue weighted by Crippen LogP contribution is -2.14. The lowest BCUT2D eigenvalue weighted by atomic mass is 9.82. The number of hydrogen-bond donors (Lipinski definition) is 0. The zero-order valence-corrected chi connectivity index (χ0v) is 15.7. The van der Waals surface area contributed by atoms with Gasteiger partial charge in [0.25, 0.3) is 0 Å². The topological polar surface area (TPSA) is 17.1 Å². The molecule has 4 aromatic carbocycles. The zero-order chi connectivity index (χ0) is 18.9. The third-order valence-corrected chi connectivity index (χ3v) is 6.13. The van der Waals surface area contributed by atoms with Gasteiger partial charge < -0.3 is 0 Å². The van der Waals surface area contributed by atoms with Crippen LogP contribution in [-0.4, -0.2) is 5.78 Å². The zero-order valence-electron chi connectivity index (χ0n) is 15.7. The first kappa shape index (κ1) is 16.9. The van der Waals surface area contributed by atoms with Gasteiger partial charge in [-0.1, -0.05) is 103 Å². The van der Waals surface area contributed by atoms with Crippen molar-refractivity contribution >= 4 is 16.6 Å². The summed E-state index contributed by atoms with van der Waals surface area (Å²) < 4.78 is 0. The van der Waals surface area contributed by atoms with Crippen molar-refractivity contribution in [3.63, 3.8) is 0 Å². The molecule has 0 N–H and O–H groups in total. The average molecular weight is 362 g/mol. The molecule has 3 atom stereocenters. The van der Waals surface area contributed by atoms with Gasteiger partial charge in [0, 0.05) is 5.92 Å². The van der Waals surface area contributed by atoms with Gasteiger partial charge in [-0.05, 0) is 39.8 Å². The molecule has 1 aliphatic rings. The van der Waals surface area contributed by atoms with E-state index in [0.717, 1.165) is 17.5 Å². The van der Waals surface area contributed by atoms with Crippen LogP contribution in [0.3, 0.4) is 0 Å². The molecule has 0 aromatic heterocycles. The Morgan fingerprint density at radius 1 is 0.607 bits per heavy atom. The van der Waals surface area contributed by atoms with Crippen LogP contribution in [0.15, 0.2) is 103 Å². The molecular formula is C27H22O. The van der Waals surface area contributed by atoms with Gasteiger partial charge in [-0.25, -0.2) is 0 Å². The number of carbonyl (C=O) groups is 1. The molecule has 0 bridgehead atoms. The monoisotopic (exact) mass is 362 g/mol. The molecule has 0 radical (unpaired) electrons. The molecule has 28 heavy (non-hydrogen) atoms. The SMILES string of the molecule is O=C1C(c2ccccc2)CC(c2cccc3ccccc23)C1c1ccccc1. The van der Waals surface area contributed by atoms with Crippen molar-refractivity contribution in [2.24, 2.45) is 0 Å². The normalized spacial score (nSPS) is 21.9. The highest BCUT2D eigenvalue weighted by Crippen LogP contribution is 2.51. The second-order valence-electron chi connectivity index (χ2n) is 7.66. The lowest BCUT2D eigenvalue weighted by molar-refractivity contribution is -0.120. The second-order valence-corrected chi connectivity index (χ2v) is 7.66. The maximum atomic E-state index is 13.6. The van der Waals surface area contributed by atoms with E-state index in [-0.39, 0.29) is 17.8 Å². The molecule has 0 heterocycles. The highest BCUT2D eigenvalue weighted by atomic mass is 16.1. The van der Waals surface area contributed by atoms with E-state index in [0.29, 0.717) is 5.78 Å². The van der Waals surface area contributed by atoms with Gasteiger partial charge >= 0.3 is 0 Å². The van der Waals surface area contributed by atoms with Gasteiger partial charge in [-0.2, -0.15) is 0 Å². The van der Waals surface area contributed by atoms with Crippen molar-refractivity contribution in [2.75, 3.05) is 0 Å². The number of carbonyl (C=O) groups excluding carboxylic acids is 1. The van der Waals surface area contributed by atoms with Crippen LogP contribution in [0, 0.1) is 0 Å². The summed E-state index contributed by atoms with van der Waals surface area (Å²) in [6.45, 7) is 0. The number of benzene rings is 4. The largest absolute Gasteiger partial charge is 0.298 e. The van der Waals surface area contributed by atoms with Crippen LogP contribution < -0.4 is 0 Å². The summed E-state index contributed by atoms with van der Waals surface area (Å²) >= 11 is 0. The fourth-order valence-corrected chi connectivity index (χ4v) is 4.84. The van der Waals surface area contributed by atoms with Gasteiger partial charge in [0.05, 0.1) is 5.92 Å². The van der Waals surface area contributed by atoms with Crippen molar-refractivity contribution in [3.8, 4) is 0 Å². The Balaban J connectivity index is 1.66. The van der Waals surface area contributed by atoms with Crippen molar-refractivity contribution in [2.45, 2.75) is 24.2 Å². The Hall–Kier alpha value is -3.19. The number of hydrogen-bond acceptors (Lipinski definition) is 1. The van der Waals surface area contributed by atoms with E-state index in [2.05, 4.69) is 66.7 Å². The van der Waals surface area contributed by atoms with E-state index in [1.165, 1.54) is 16.3 Å². The molecule has 1 heteroatoms. The Kier molecular flexibility index (Phi) is 4.29. The molecule has 0 spiro atoms. The molecule has 4 aromatic rings. The van der Waals surface area contributed by atoms with Gasteiger partial charge in [0.1, 0.15) is 5.78 Å². The van der Waals surface area contributed by atoms with Crippen LogP contribution in [0.5, 0.6) is 0 Å². The Morgan fingerprint density at radius 3 is 1.96 bits per heavy atom. The fraction of sp³-hybridized carbons (Fsp3) is 0.148. The maximum absolute atomic E-state index is 13.6. The Morgan fingerprint density at radius 2 is 1.21 bits per heavy atom. The summed E-state index contributed by atoms with van der Waals surface area (Å²) in [4.78, 5) is 13.6. The number of rotatable bonds is 3. The highest BCUT2D eigenvalue weighted by molar-refractivity contribution is 5.97. The first-order valence-electron chi connectivity index (χ1n) is 9.94. The first-order valence-corrected chi connectivity index (χ1v) is 9.94. The summed E-state index contributed by atoms with van der Waals surface area (Å²) in [5.74, 6) is 0.383.